The summed E-state index contributed by atoms with van der Waals surface area (Å²) in [6.07, 6.45) is 1.61. The molecule has 3 unspecified atom stereocenters. The van der Waals surface area contributed by atoms with Gasteiger partial charge in [0, 0.05) is 12.1 Å². The maximum absolute atomic E-state index is 13.7. The molecule has 5 nitrogen and oxygen atoms in total. The Morgan fingerprint density at radius 2 is 1.82 bits per heavy atom. The van der Waals surface area contributed by atoms with Crippen molar-refractivity contribution in [1.29, 1.82) is 0 Å². The summed E-state index contributed by atoms with van der Waals surface area (Å²) < 4.78 is 64.7. The van der Waals surface area contributed by atoms with Crippen LogP contribution in [0.4, 0.5) is 8.78 Å². The molecule has 1 saturated carbocycles. The molecule has 1 aliphatic carbocycles. The van der Waals surface area contributed by atoms with Crippen molar-refractivity contribution in [3.05, 3.63) is 29.8 Å². The second-order valence-corrected chi connectivity index (χ2v) is 7.21. The van der Waals surface area contributed by atoms with Gasteiger partial charge in [-0.3, -0.25) is 0 Å². The summed E-state index contributed by atoms with van der Waals surface area (Å²) in [5.41, 5.74) is 0. The van der Waals surface area contributed by atoms with E-state index >= 15 is 0 Å². The van der Waals surface area contributed by atoms with E-state index in [9.17, 15) is 17.2 Å². The van der Waals surface area contributed by atoms with Gasteiger partial charge in [-0.15, -0.1) is 0 Å². The van der Waals surface area contributed by atoms with E-state index < -0.39 is 26.6 Å². The molecule has 1 heterocycles. The second-order valence-electron chi connectivity index (χ2n) is 5.52. The van der Waals surface area contributed by atoms with Gasteiger partial charge in [0.2, 0.25) is 10.0 Å². The van der Waals surface area contributed by atoms with Crippen LogP contribution in [0.2, 0.25) is 0 Å². The van der Waals surface area contributed by atoms with Crippen LogP contribution in [0.15, 0.2) is 23.1 Å². The predicted molar refractivity (Wildman–Crippen MR) is 73.8 cm³/mol. The lowest BCUT2D eigenvalue weighted by molar-refractivity contribution is -0.156. The molecule has 3 rings (SSSR count). The van der Waals surface area contributed by atoms with Crippen molar-refractivity contribution >= 4 is 10.0 Å². The average Bonchev–Trinajstić information content (AvgIpc) is 2.46. The average molecular weight is 333 g/mol. The molecule has 1 aromatic rings. The number of hydrogen-bond acceptors (Lipinski definition) is 4. The largest absolute Gasteiger partial charge is 0.373 e. The minimum Gasteiger partial charge on any atom is -0.373 e. The first kappa shape index (κ1) is 15.8. The highest BCUT2D eigenvalue weighted by Crippen LogP contribution is 2.28. The van der Waals surface area contributed by atoms with Gasteiger partial charge >= 0.3 is 0 Å². The first-order chi connectivity index (χ1) is 10.5. The molecule has 122 valence electrons. The van der Waals surface area contributed by atoms with Gasteiger partial charge in [-0.25, -0.2) is 21.9 Å². The van der Waals surface area contributed by atoms with E-state index in [0.717, 1.165) is 12.1 Å². The molecule has 0 bridgehead atoms. The molecular formula is C14H17F2NO4S. The van der Waals surface area contributed by atoms with Crippen LogP contribution < -0.4 is 4.72 Å². The third-order valence-electron chi connectivity index (χ3n) is 3.98. The minimum atomic E-state index is -4.03. The van der Waals surface area contributed by atoms with Crippen molar-refractivity contribution < 1.29 is 26.7 Å². The lowest BCUT2D eigenvalue weighted by Gasteiger charge is -2.38. The van der Waals surface area contributed by atoms with Crippen molar-refractivity contribution in [2.45, 2.75) is 42.4 Å². The van der Waals surface area contributed by atoms with Gasteiger partial charge in [0.25, 0.3) is 0 Å². The van der Waals surface area contributed by atoms with Crippen LogP contribution in [0.1, 0.15) is 19.3 Å². The first-order valence-corrected chi connectivity index (χ1v) is 8.64. The number of hydrogen-bond donors (Lipinski definition) is 1. The van der Waals surface area contributed by atoms with Gasteiger partial charge in [-0.05, 0) is 31.4 Å². The highest BCUT2D eigenvalue weighted by molar-refractivity contribution is 7.89. The van der Waals surface area contributed by atoms with E-state index in [2.05, 4.69) is 4.72 Å². The van der Waals surface area contributed by atoms with E-state index in [1.165, 1.54) is 0 Å². The number of nitrogens with one attached hydrogen (secondary N) is 1. The zero-order valence-corrected chi connectivity index (χ0v) is 12.6. The zero-order valence-electron chi connectivity index (χ0n) is 11.8. The molecule has 0 aromatic heterocycles. The lowest BCUT2D eigenvalue weighted by Crippen LogP contribution is -2.49. The fourth-order valence-electron chi connectivity index (χ4n) is 2.95. The van der Waals surface area contributed by atoms with Gasteiger partial charge in [0.05, 0.1) is 25.4 Å². The number of fused-ring (bicyclic) bond motifs is 1. The number of benzene rings is 1. The second kappa shape index (κ2) is 6.19. The molecule has 0 amide bonds. The Morgan fingerprint density at radius 1 is 1.09 bits per heavy atom. The first-order valence-electron chi connectivity index (χ1n) is 7.16. The van der Waals surface area contributed by atoms with Crippen molar-refractivity contribution in [1.82, 2.24) is 4.72 Å². The zero-order chi connectivity index (χ0) is 15.7. The van der Waals surface area contributed by atoms with Crippen molar-refractivity contribution in [3.8, 4) is 0 Å². The summed E-state index contributed by atoms with van der Waals surface area (Å²) in [6, 6.07) is 2.06. The Morgan fingerprint density at radius 3 is 2.55 bits per heavy atom. The van der Waals surface area contributed by atoms with Crippen LogP contribution in [-0.4, -0.2) is 39.9 Å². The smallest absolute Gasteiger partial charge is 0.243 e. The highest BCUT2D eigenvalue weighted by Gasteiger charge is 2.36. The van der Waals surface area contributed by atoms with E-state index in [1.807, 2.05) is 0 Å². The number of halogens is 2. The van der Waals surface area contributed by atoms with Crippen LogP contribution >= 0.6 is 0 Å². The molecule has 1 aliphatic heterocycles. The number of sulfonamides is 1. The third kappa shape index (κ3) is 3.29. The molecule has 3 atom stereocenters. The summed E-state index contributed by atoms with van der Waals surface area (Å²) >= 11 is 0. The summed E-state index contributed by atoms with van der Waals surface area (Å²) in [6.45, 7) is 1.05. The topological polar surface area (TPSA) is 64.6 Å². The Hall–Kier alpha value is -1.09. The molecule has 0 spiro atoms. The van der Waals surface area contributed by atoms with Gasteiger partial charge in [-0.1, -0.05) is 0 Å². The van der Waals surface area contributed by atoms with E-state index in [0.29, 0.717) is 38.5 Å². The summed E-state index contributed by atoms with van der Waals surface area (Å²) in [4.78, 5) is -0.545. The van der Waals surface area contributed by atoms with Crippen LogP contribution in [0.25, 0.3) is 0 Å². The summed E-state index contributed by atoms with van der Waals surface area (Å²) in [7, 11) is -4.03. The molecule has 1 aromatic carbocycles. The van der Waals surface area contributed by atoms with Crippen LogP contribution in [0, 0.1) is 11.6 Å². The maximum Gasteiger partial charge on any atom is 0.243 e. The molecule has 0 radical (unpaired) electrons. The molecule has 1 saturated heterocycles. The number of rotatable bonds is 3. The van der Waals surface area contributed by atoms with Gasteiger partial charge in [0.1, 0.15) is 16.5 Å². The fraction of sp³-hybridized carbons (Fsp3) is 0.571. The quantitative estimate of drug-likeness (QED) is 0.912. The third-order valence-corrected chi connectivity index (χ3v) is 5.54. The minimum absolute atomic E-state index is 0.00272. The van der Waals surface area contributed by atoms with Crippen molar-refractivity contribution in [2.24, 2.45) is 0 Å². The summed E-state index contributed by atoms with van der Waals surface area (Å²) in [5.74, 6) is -1.91. The van der Waals surface area contributed by atoms with Crippen LogP contribution in [0.5, 0.6) is 0 Å². The Kier molecular flexibility index (Phi) is 4.44. The molecule has 2 aliphatic rings. The van der Waals surface area contributed by atoms with Crippen molar-refractivity contribution in [2.75, 3.05) is 13.2 Å². The Balaban J connectivity index is 1.71. The summed E-state index contributed by atoms with van der Waals surface area (Å²) in [5, 5.41) is 0. The molecule has 1 N–H and O–H groups in total. The van der Waals surface area contributed by atoms with Gasteiger partial charge < -0.3 is 9.47 Å². The predicted octanol–water partition coefficient (Wildman–Crippen LogP) is 1.58. The SMILES string of the molecule is O=S(=O)(NC1CCC2OCCOC2C1)c1ccc(F)cc1F. The fourth-order valence-corrected chi connectivity index (χ4v) is 4.29. The molecule has 8 heteroatoms. The molecular weight excluding hydrogens is 316 g/mol. The number of ether oxygens (including phenoxy) is 2. The van der Waals surface area contributed by atoms with Crippen LogP contribution in [0.3, 0.4) is 0 Å². The molecule has 2 fully saturated rings. The monoisotopic (exact) mass is 333 g/mol. The molecule has 22 heavy (non-hydrogen) atoms. The van der Waals surface area contributed by atoms with Gasteiger partial charge in [0.15, 0.2) is 0 Å². The van der Waals surface area contributed by atoms with E-state index in [4.69, 9.17) is 9.47 Å². The van der Waals surface area contributed by atoms with Gasteiger partial charge in [-0.2, -0.15) is 0 Å². The van der Waals surface area contributed by atoms with Crippen LogP contribution in [-0.2, 0) is 19.5 Å². The van der Waals surface area contributed by atoms with Crippen molar-refractivity contribution in [3.63, 3.8) is 0 Å². The Labute approximate surface area is 127 Å². The maximum atomic E-state index is 13.7. The Bertz CT molecular complexity index is 652. The van der Waals surface area contributed by atoms with E-state index in [-0.39, 0.29) is 18.2 Å². The highest BCUT2D eigenvalue weighted by atomic mass is 32.2. The standard InChI is InChI=1S/C14H17F2NO4S/c15-9-1-4-14(11(16)7-9)22(18,19)17-10-2-3-12-13(8-10)21-6-5-20-12/h1,4,7,10,12-13,17H,2-3,5-6,8H2. The normalized spacial score (nSPS) is 29.1. The van der Waals surface area contributed by atoms with E-state index in [1.54, 1.807) is 0 Å². The lowest BCUT2D eigenvalue weighted by atomic mass is 9.90.